The molecule has 0 amide bonds. The average molecular weight is 502 g/mol. The zero-order valence-electron chi connectivity index (χ0n) is 15.8. The number of benzene rings is 2. The number of halogens is 1. The van der Waals surface area contributed by atoms with Gasteiger partial charge < -0.3 is 20.8 Å². The number of hydrogen-bond acceptors (Lipinski definition) is 6. The van der Waals surface area contributed by atoms with Crippen molar-refractivity contribution in [2.45, 2.75) is 37.8 Å². The lowest BCUT2D eigenvalue weighted by Crippen LogP contribution is -2.28. The number of rotatable bonds is 5. The van der Waals surface area contributed by atoms with Gasteiger partial charge in [-0.05, 0) is 66.5 Å². The molecule has 1 aliphatic carbocycles. The molecule has 0 radical (unpaired) electrons. The molecule has 29 heavy (non-hydrogen) atoms. The molecule has 0 saturated heterocycles. The minimum atomic E-state index is -0.187. The van der Waals surface area contributed by atoms with Crippen molar-refractivity contribution in [1.29, 1.82) is 0 Å². The summed E-state index contributed by atoms with van der Waals surface area (Å²) in [5.74, 6) is 1.50. The van der Waals surface area contributed by atoms with E-state index in [4.69, 9.17) is 0 Å². The molecule has 1 aromatic heterocycles. The van der Waals surface area contributed by atoms with E-state index in [1.54, 1.807) is 12.1 Å². The molecule has 0 aliphatic heterocycles. The van der Waals surface area contributed by atoms with E-state index in [1.807, 2.05) is 42.5 Å². The molecule has 7 heteroatoms. The Hall–Kier alpha value is -2.39. The van der Waals surface area contributed by atoms with Gasteiger partial charge in [0.05, 0.1) is 15.4 Å². The summed E-state index contributed by atoms with van der Waals surface area (Å²) in [6.07, 6.45) is 3.28. The van der Waals surface area contributed by atoms with E-state index in [-0.39, 0.29) is 11.9 Å². The van der Waals surface area contributed by atoms with Crippen molar-refractivity contribution in [1.82, 2.24) is 9.97 Å². The summed E-state index contributed by atoms with van der Waals surface area (Å²) in [7, 11) is 0. The van der Waals surface area contributed by atoms with Crippen LogP contribution in [0.15, 0.2) is 54.6 Å². The fraction of sp³-hybridized carbons (Fsp3) is 0.273. The number of aromatic hydroxyl groups is 1. The molecule has 0 bridgehead atoms. The number of nitrogens with one attached hydrogen (secondary N) is 2. The van der Waals surface area contributed by atoms with Crippen molar-refractivity contribution in [3.8, 4) is 17.0 Å². The molecule has 1 fully saturated rings. The molecule has 2 aromatic carbocycles. The summed E-state index contributed by atoms with van der Waals surface area (Å²) in [6.45, 7) is 0. The monoisotopic (exact) mass is 502 g/mol. The van der Waals surface area contributed by atoms with Crippen LogP contribution in [0.25, 0.3) is 11.3 Å². The van der Waals surface area contributed by atoms with Crippen LogP contribution in [0, 0.1) is 3.57 Å². The lowest BCUT2D eigenvalue weighted by Gasteiger charge is -2.26. The van der Waals surface area contributed by atoms with E-state index in [0.717, 1.165) is 52.0 Å². The highest BCUT2D eigenvalue weighted by Gasteiger charge is 2.20. The van der Waals surface area contributed by atoms with Crippen molar-refractivity contribution < 1.29 is 10.2 Å². The van der Waals surface area contributed by atoms with Crippen LogP contribution < -0.4 is 10.6 Å². The molecule has 4 rings (SSSR count). The third kappa shape index (κ3) is 5.16. The predicted molar refractivity (Wildman–Crippen MR) is 123 cm³/mol. The second-order valence-electron chi connectivity index (χ2n) is 7.27. The van der Waals surface area contributed by atoms with E-state index in [2.05, 4.69) is 43.2 Å². The Morgan fingerprint density at radius 3 is 2.41 bits per heavy atom. The van der Waals surface area contributed by atoms with Gasteiger partial charge in [0.1, 0.15) is 11.6 Å². The third-order valence-corrected chi connectivity index (χ3v) is 5.91. The summed E-state index contributed by atoms with van der Waals surface area (Å²) in [5, 5.41) is 26.3. The fourth-order valence-electron chi connectivity index (χ4n) is 3.48. The third-order valence-electron chi connectivity index (χ3n) is 5.05. The first-order valence-electron chi connectivity index (χ1n) is 9.71. The van der Waals surface area contributed by atoms with Gasteiger partial charge in [-0.3, -0.25) is 0 Å². The van der Waals surface area contributed by atoms with Crippen LogP contribution >= 0.6 is 22.6 Å². The van der Waals surface area contributed by atoms with E-state index in [9.17, 15) is 10.2 Å². The van der Waals surface area contributed by atoms with Crippen LogP contribution in [0.5, 0.6) is 5.75 Å². The fourth-order valence-corrected chi connectivity index (χ4v) is 3.99. The maximum atomic E-state index is 9.75. The van der Waals surface area contributed by atoms with Crippen LogP contribution in [0.1, 0.15) is 25.7 Å². The highest BCUT2D eigenvalue weighted by Crippen LogP contribution is 2.28. The first kappa shape index (κ1) is 19.9. The lowest BCUT2D eigenvalue weighted by atomic mass is 9.93. The van der Waals surface area contributed by atoms with E-state index < -0.39 is 0 Å². The number of nitrogens with zero attached hydrogens (tertiary/aromatic N) is 2. The van der Waals surface area contributed by atoms with Crippen LogP contribution in [0.4, 0.5) is 17.5 Å². The Bertz CT molecular complexity index is 976. The standard InChI is InChI=1S/C22H23IN4O2/c23-18-12-16(8-11-20(18)29)25-22-26-19(14-4-2-1-3-5-14)13-21(27-22)24-15-6-9-17(28)10-7-15/h1-5,8,11-13,15,17,28-29H,6-7,9-10H2,(H2,24,25,26,27). The topological polar surface area (TPSA) is 90.3 Å². The van der Waals surface area contributed by atoms with E-state index >= 15 is 0 Å². The zero-order chi connectivity index (χ0) is 20.2. The number of phenols is 1. The Balaban J connectivity index is 1.63. The van der Waals surface area contributed by atoms with Crippen molar-refractivity contribution in [3.63, 3.8) is 0 Å². The Morgan fingerprint density at radius 2 is 1.69 bits per heavy atom. The molecule has 0 unspecified atom stereocenters. The maximum absolute atomic E-state index is 9.75. The smallest absolute Gasteiger partial charge is 0.229 e. The summed E-state index contributed by atoms with van der Waals surface area (Å²) in [5.41, 5.74) is 2.65. The highest BCUT2D eigenvalue weighted by atomic mass is 127. The molecule has 6 nitrogen and oxygen atoms in total. The normalized spacial score (nSPS) is 19.0. The molecule has 1 heterocycles. The van der Waals surface area contributed by atoms with E-state index in [0.29, 0.717) is 12.0 Å². The number of anilines is 3. The van der Waals surface area contributed by atoms with Gasteiger partial charge >= 0.3 is 0 Å². The van der Waals surface area contributed by atoms with E-state index in [1.165, 1.54) is 0 Å². The Labute approximate surface area is 183 Å². The van der Waals surface area contributed by atoms with Crippen LogP contribution in [0.2, 0.25) is 0 Å². The quantitative estimate of drug-likeness (QED) is 0.293. The van der Waals surface area contributed by atoms with Gasteiger partial charge in [-0.15, -0.1) is 0 Å². The van der Waals surface area contributed by atoms with Gasteiger partial charge in [0, 0.05) is 23.4 Å². The van der Waals surface area contributed by atoms with Crippen LogP contribution in [-0.4, -0.2) is 32.3 Å². The molecule has 0 spiro atoms. The molecule has 1 saturated carbocycles. The number of aromatic nitrogens is 2. The van der Waals surface area contributed by atoms with Crippen LogP contribution in [-0.2, 0) is 0 Å². The minimum Gasteiger partial charge on any atom is -0.507 e. The van der Waals surface area contributed by atoms with Crippen molar-refractivity contribution >= 4 is 40.0 Å². The number of aliphatic hydroxyl groups excluding tert-OH is 1. The summed E-state index contributed by atoms with van der Waals surface area (Å²) in [4.78, 5) is 9.35. The Kier molecular flexibility index (Phi) is 6.15. The minimum absolute atomic E-state index is 0.187. The zero-order valence-corrected chi connectivity index (χ0v) is 18.0. The van der Waals surface area contributed by atoms with Gasteiger partial charge in [-0.1, -0.05) is 30.3 Å². The van der Waals surface area contributed by atoms with Gasteiger partial charge in [0.25, 0.3) is 0 Å². The molecule has 4 N–H and O–H groups in total. The average Bonchev–Trinajstić information content (AvgIpc) is 2.73. The van der Waals surface area contributed by atoms with Gasteiger partial charge in [0.15, 0.2) is 0 Å². The molecule has 3 aromatic rings. The largest absolute Gasteiger partial charge is 0.507 e. The first-order valence-corrected chi connectivity index (χ1v) is 10.8. The van der Waals surface area contributed by atoms with Crippen molar-refractivity contribution in [2.24, 2.45) is 0 Å². The van der Waals surface area contributed by atoms with Gasteiger partial charge in [-0.2, -0.15) is 4.98 Å². The first-order chi connectivity index (χ1) is 14.1. The summed E-state index contributed by atoms with van der Waals surface area (Å²) < 4.78 is 0.755. The SMILES string of the molecule is Oc1ccc(Nc2nc(NC3CCC(O)CC3)cc(-c3ccccc3)n2)cc1I. The molecule has 150 valence electrons. The predicted octanol–water partition coefficient (Wildman–Crippen LogP) is 4.91. The maximum Gasteiger partial charge on any atom is 0.229 e. The van der Waals surface area contributed by atoms with Crippen molar-refractivity contribution in [2.75, 3.05) is 10.6 Å². The Morgan fingerprint density at radius 1 is 0.931 bits per heavy atom. The van der Waals surface area contributed by atoms with Gasteiger partial charge in [-0.25, -0.2) is 4.98 Å². The van der Waals surface area contributed by atoms with Crippen LogP contribution in [0.3, 0.4) is 0 Å². The molecule has 0 atom stereocenters. The number of phenolic OH excluding ortho intramolecular Hbond substituents is 1. The summed E-state index contributed by atoms with van der Waals surface area (Å²) >= 11 is 2.09. The summed E-state index contributed by atoms with van der Waals surface area (Å²) in [6, 6.07) is 17.6. The molecular formula is C22H23IN4O2. The molecular weight excluding hydrogens is 479 g/mol. The van der Waals surface area contributed by atoms with Crippen molar-refractivity contribution in [3.05, 3.63) is 58.2 Å². The second-order valence-corrected chi connectivity index (χ2v) is 8.43. The molecule has 1 aliphatic rings. The highest BCUT2D eigenvalue weighted by molar-refractivity contribution is 14.1. The number of hydrogen-bond donors (Lipinski definition) is 4. The number of aliphatic hydroxyl groups is 1. The van der Waals surface area contributed by atoms with Gasteiger partial charge in [0.2, 0.25) is 5.95 Å². The second kappa shape index (κ2) is 8.96. The lowest BCUT2D eigenvalue weighted by molar-refractivity contribution is 0.126.